The van der Waals surface area contributed by atoms with E-state index in [2.05, 4.69) is 29.6 Å². The largest absolute Gasteiger partial charge is 0.501 e. The average Bonchev–Trinajstić information content (AvgIpc) is 2.65. The lowest BCUT2D eigenvalue weighted by Gasteiger charge is -1.95. The number of rotatable bonds is 3. The Morgan fingerprint density at radius 1 is 1.36 bits per heavy atom. The van der Waals surface area contributed by atoms with Gasteiger partial charge in [-0.3, -0.25) is 0 Å². The number of thiophene rings is 1. The summed E-state index contributed by atoms with van der Waals surface area (Å²) < 4.78 is 6.48. The van der Waals surface area contributed by atoms with Crippen LogP contribution in [-0.2, 0) is 4.74 Å². The molecule has 0 N–H and O–H groups in total. The highest BCUT2D eigenvalue weighted by Crippen LogP contribution is 2.22. The summed E-state index contributed by atoms with van der Waals surface area (Å²) in [6, 6.07) is 8.55. The molecule has 2 heteroatoms. The summed E-state index contributed by atoms with van der Waals surface area (Å²) >= 11 is 1.77. The van der Waals surface area contributed by atoms with Crippen LogP contribution in [0.5, 0.6) is 0 Å². The molecule has 2 rings (SSSR count). The van der Waals surface area contributed by atoms with Crippen molar-refractivity contribution in [2.24, 2.45) is 0 Å². The van der Waals surface area contributed by atoms with Crippen molar-refractivity contribution in [2.45, 2.75) is 6.92 Å². The van der Waals surface area contributed by atoms with E-state index in [1.807, 2.05) is 13.0 Å². The normalized spacial score (nSPS) is 11.2. The Morgan fingerprint density at radius 2 is 2.29 bits per heavy atom. The molecule has 0 amide bonds. The van der Waals surface area contributed by atoms with Crippen LogP contribution in [0.15, 0.2) is 35.9 Å². The molecule has 14 heavy (non-hydrogen) atoms. The fourth-order valence-electron chi connectivity index (χ4n) is 1.30. The summed E-state index contributed by atoms with van der Waals surface area (Å²) in [5.41, 5.74) is 1.19. The molecule has 0 fully saturated rings. The van der Waals surface area contributed by atoms with Gasteiger partial charge >= 0.3 is 0 Å². The molecule has 0 bridgehead atoms. The Hall–Kier alpha value is -1.28. The summed E-state index contributed by atoms with van der Waals surface area (Å²) in [4.78, 5) is 0. The first-order valence-corrected chi connectivity index (χ1v) is 5.53. The third-order valence-corrected chi connectivity index (χ3v) is 2.88. The van der Waals surface area contributed by atoms with Gasteiger partial charge in [-0.2, -0.15) is 0 Å². The van der Waals surface area contributed by atoms with Gasteiger partial charge in [-0.1, -0.05) is 12.1 Å². The van der Waals surface area contributed by atoms with Gasteiger partial charge in [-0.25, -0.2) is 0 Å². The van der Waals surface area contributed by atoms with Gasteiger partial charge in [0.2, 0.25) is 0 Å². The van der Waals surface area contributed by atoms with Gasteiger partial charge in [0.1, 0.15) is 0 Å². The summed E-state index contributed by atoms with van der Waals surface area (Å²) in [7, 11) is 0. The van der Waals surface area contributed by atoms with Crippen LogP contribution in [0.2, 0.25) is 0 Å². The number of benzene rings is 1. The second-order valence-corrected chi connectivity index (χ2v) is 3.92. The summed E-state index contributed by atoms with van der Waals surface area (Å²) in [6.45, 7) is 2.70. The zero-order valence-electron chi connectivity index (χ0n) is 8.07. The van der Waals surface area contributed by atoms with E-state index in [4.69, 9.17) is 4.74 Å². The lowest BCUT2D eigenvalue weighted by atomic mass is 10.2. The third-order valence-electron chi connectivity index (χ3n) is 2.00. The monoisotopic (exact) mass is 204 g/mol. The van der Waals surface area contributed by atoms with Crippen LogP contribution in [0.1, 0.15) is 12.5 Å². The maximum absolute atomic E-state index is 5.15. The molecule has 1 nitrogen and oxygen atoms in total. The first kappa shape index (κ1) is 9.28. The number of ether oxygens (including phenoxy) is 1. The SMILES string of the molecule is CCO/C=C/c1ccc2ccsc2c1. The Balaban J connectivity index is 2.25. The van der Waals surface area contributed by atoms with E-state index in [1.165, 1.54) is 15.6 Å². The van der Waals surface area contributed by atoms with E-state index in [0.717, 1.165) is 6.61 Å². The van der Waals surface area contributed by atoms with Gasteiger partial charge in [-0.05, 0) is 41.5 Å². The molecular weight excluding hydrogens is 192 g/mol. The van der Waals surface area contributed by atoms with Crippen molar-refractivity contribution in [3.05, 3.63) is 41.5 Å². The standard InChI is InChI=1S/C12H12OS/c1-2-13-7-5-10-3-4-11-6-8-14-12(11)9-10/h3-9H,2H2,1H3/b7-5+. The minimum absolute atomic E-state index is 0.720. The number of hydrogen-bond donors (Lipinski definition) is 0. The molecule has 0 spiro atoms. The first-order valence-electron chi connectivity index (χ1n) is 4.65. The average molecular weight is 204 g/mol. The van der Waals surface area contributed by atoms with Crippen LogP contribution < -0.4 is 0 Å². The van der Waals surface area contributed by atoms with E-state index in [-0.39, 0.29) is 0 Å². The highest BCUT2D eigenvalue weighted by atomic mass is 32.1. The summed E-state index contributed by atoms with van der Waals surface area (Å²) in [5.74, 6) is 0. The molecule has 1 heterocycles. The van der Waals surface area contributed by atoms with Crippen molar-refractivity contribution in [3.8, 4) is 0 Å². The zero-order chi connectivity index (χ0) is 9.80. The van der Waals surface area contributed by atoms with Crippen LogP contribution in [0.3, 0.4) is 0 Å². The molecule has 1 aromatic carbocycles. The third kappa shape index (κ3) is 1.96. The maximum Gasteiger partial charge on any atom is 0.0845 e. The molecular formula is C12H12OS. The molecule has 0 saturated heterocycles. The Labute approximate surface area is 87.6 Å². The van der Waals surface area contributed by atoms with Crippen molar-refractivity contribution in [1.29, 1.82) is 0 Å². The lowest BCUT2D eigenvalue weighted by molar-refractivity contribution is 0.272. The highest BCUT2D eigenvalue weighted by Gasteiger charge is 1.94. The van der Waals surface area contributed by atoms with Crippen molar-refractivity contribution in [2.75, 3.05) is 6.61 Å². The quantitative estimate of drug-likeness (QED) is 0.689. The number of fused-ring (bicyclic) bond motifs is 1. The summed E-state index contributed by atoms with van der Waals surface area (Å²) in [6.07, 6.45) is 3.73. The Bertz CT molecular complexity index is 442. The van der Waals surface area contributed by atoms with Crippen molar-refractivity contribution in [3.63, 3.8) is 0 Å². The van der Waals surface area contributed by atoms with Gasteiger partial charge in [0, 0.05) is 4.70 Å². The van der Waals surface area contributed by atoms with Crippen LogP contribution >= 0.6 is 11.3 Å². The fourth-order valence-corrected chi connectivity index (χ4v) is 2.14. The van der Waals surface area contributed by atoms with Crippen LogP contribution in [0.25, 0.3) is 16.2 Å². The highest BCUT2D eigenvalue weighted by molar-refractivity contribution is 7.17. The molecule has 0 atom stereocenters. The minimum Gasteiger partial charge on any atom is -0.501 e. The first-order chi connectivity index (χ1) is 6.90. The molecule has 2 aromatic rings. The van der Waals surface area contributed by atoms with Crippen molar-refractivity contribution < 1.29 is 4.74 Å². The van der Waals surface area contributed by atoms with E-state index in [0.29, 0.717) is 0 Å². The zero-order valence-corrected chi connectivity index (χ0v) is 8.88. The molecule has 0 aliphatic carbocycles. The predicted molar refractivity (Wildman–Crippen MR) is 62.5 cm³/mol. The second-order valence-electron chi connectivity index (χ2n) is 2.98. The molecule has 0 unspecified atom stereocenters. The fraction of sp³-hybridized carbons (Fsp3) is 0.167. The molecule has 0 radical (unpaired) electrons. The lowest BCUT2D eigenvalue weighted by Crippen LogP contribution is -1.77. The van der Waals surface area contributed by atoms with Gasteiger partial charge in [0.25, 0.3) is 0 Å². The Kier molecular flexibility index (Phi) is 2.84. The topological polar surface area (TPSA) is 9.23 Å². The van der Waals surface area contributed by atoms with Crippen molar-refractivity contribution in [1.82, 2.24) is 0 Å². The van der Waals surface area contributed by atoms with Crippen LogP contribution in [0.4, 0.5) is 0 Å². The molecule has 1 aromatic heterocycles. The predicted octanol–water partition coefficient (Wildman–Crippen LogP) is 3.91. The second kappa shape index (κ2) is 4.29. The maximum atomic E-state index is 5.15. The van der Waals surface area contributed by atoms with Gasteiger partial charge in [0.15, 0.2) is 0 Å². The molecule has 0 aliphatic heterocycles. The smallest absolute Gasteiger partial charge is 0.0845 e. The molecule has 0 saturated carbocycles. The van der Waals surface area contributed by atoms with E-state index in [1.54, 1.807) is 17.6 Å². The minimum atomic E-state index is 0.720. The van der Waals surface area contributed by atoms with Crippen molar-refractivity contribution >= 4 is 27.5 Å². The van der Waals surface area contributed by atoms with Crippen LogP contribution in [-0.4, -0.2) is 6.61 Å². The van der Waals surface area contributed by atoms with E-state index >= 15 is 0 Å². The van der Waals surface area contributed by atoms with Gasteiger partial charge < -0.3 is 4.74 Å². The van der Waals surface area contributed by atoms with E-state index < -0.39 is 0 Å². The van der Waals surface area contributed by atoms with Gasteiger partial charge in [-0.15, -0.1) is 11.3 Å². The number of hydrogen-bond acceptors (Lipinski definition) is 2. The Morgan fingerprint density at radius 3 is 3.14 bits per heavy atom. The molecule has 0 aliphatic rings. The van der Waals surface area contributed by atoms with Gasteiger partial charge in [0.05, 0.1) is 12.9 Å². The summed E-state index contributed by atoms with van der Waals surface area (Å²) in [5, 5.41) is 3.42. The van der Waals surface area contributed by atoms with E-state index in [9.17, 15) is 0 Å². The van der Waals surface area contributed by atoms with Crippen LogP contribution in [0, 0.1) is 0 Å². The molecule has 72 valence electrons.